The lowest BCUT2D eigenvalue weighted by atomic mass is 10.2. The first kappa shape index (κ1) is 14.0. The fourth-order valence-electron chi connectivity index (χ4n) is 0.564. The van der Waals surface area contributed by atoms with Crippen molar-refractivity contribution in [3.8, 4) is 0 Å². The number of carbonyl (C=O) groups is 1. The molecule has 1 unspecified atom stereocenters. The molecule has 0 aliphatic carbocycles. The first-order valence-corrected chi connectivity index (χ1v) is 3.73. The fraction of sp³-hybridized carbons (Fsp3) is 0.625. The van der Waals surface area contributed by atoms with Crippen molar-refractivity contribution in [3.63, 3.8) is 0 Å². The highest BCUT2D eigenvalue weighted by atomic mass is 35.5. The molecule has 0 aromatic heterocycles. The maximum Gasteiger partial charge on any atom is 0.246 e. The molecule has 0 heterocycles. The van der Waals surface area contributed by atoms with E-state index < -0.39 is 0 Å². The molecule has 0 spiro atoms. The van der Waals surface area contributed by atoms with Crippen LogP contribution in [0.2, 0.25) is 0 Å². The molecule has 0 bridgehead atoms. The molecule has 3 nitrogen and oxygen atoms in total. The third-order valence-corrected chi connectivity index (χ3v) is 1.27. The molecule has 1 atom stereocenters. The van der Waals surface area contributed by atoms with Crippen molar-refractivity contribution in [2.24, 2.45) is 5.73 Å². The first-order valence-electron chi connectivity index (χ1n) is 3.73. The Hall–Kier alpha value is -0.540. The van der Waals surface area contributed by atoms with E-state index in [1.807, 2.05) is 6.92 Å². The summed E-state index contributed by atoms with van der Waals surface area (Å²) in [5.74, 6) is -0.0920. The van der Waals surface area contributed by atoms with E-state index in [1.165, 1.54) is 0 Å². The monoisotopic (exact) mass is 192 g/mol. The summed E-state index contributed by atoms with van der Waals surface area (Å²) >= 11 is 0. The highest BCUT2D eigenvalue weighted by Gasteiger charge is 2.00. The second kappa shape index (κ2) is 7.13. The van der Waals surface area contributed by atoms with Crippen molar-refractivity contribution in [3.05, 3.63) is 12.2 Å². The van der Waals surface area contributed by atoms with Crippen LogP contribution in [-0.2, 0) is 4.79 Å². The summed E-state index contributed by atoms with van der Waals surface area (Å²) in [4.78, 5) is 10.9. The van der Waals surface area contributed by atoms with Crippen molar-refractivity contribution in [1.82, 2.24) is 5.32 Å². The molecule has 3 N–H and O–H groups in total. The molecule has 72 valence electrons. The Morgan fingerprint density at radius 1 is 1.67 bits per heavy atom. The zero-order valence-corrected chi connectivity index (χ0v) is 8.41. The van der Waals surface area contributed by atoms with E-state index >= 15 is 0 Å². The molecule has 0 saturated carbocycles. The van der Waals surface area contributed by atoms with Crippen LogP contribution >= 0.6 is 12.4 Å². The molecule has 0 fully saturated rings. The number of carbonyl (C=O) groups excluding carboxylic acids is 1. The maximum atomic E-state index is 10.9. The molecule has 0 saturated heterocycles. The van der Waals surface area contributed by atoms with Crippen molar-refractivity contribution in [2.45, 2.75) is 26.3 Å². The van der Waals surface area contributed by atoms with Gasteiger partial charge in [-0.3, -0.25) is 4.79 Å². The largest absolute Gasteiger partial charge is 0.352 e. The molecule has 1 amide bonds. The third-order valence-electron chi connectivity index (χ3n) is 1.27. The SMILES string of the molecule is C=C(C)C(=O)NCCC(C)N.Cl. The summed E-state index contributed by atoms with van der Waals surface area (Å²) in [7, 11) is 0. The summed E-state index contributed by atoms with van der Waals surface area (Å²) in [5, 5.41) is 2.69. The van der Waals surface area contributed by atoms with Crippen molar-refractivity contribution in [2.75, 3.05) is 6.54 Å². The lowest BCUT2D eigenvalue weighted by molar-refractivity contribution is -0.117. The minimum Gasteiger partial charge on any atom is -0.352 e. The molecule has 0 aromatic carbocycles. The molecule has 4 heteroatoms. The third kappa shape index (κ3) is 7.57. The number of hydrogen-bond acceptors (Lipinski definition) is 2. The Morgan fingerprint density at radius 2 is 2.17 bits per heavy atom. The number of halogens is 1. The molecular formula is C8H17ClN2O. The Bertz CT molecular complexity index is 157. The zero-order valence-electron chi connectivity index (χ0n) is 7.59. The van der Waals surface area contributed by atoms with E-state index in [-0.39, 0.29) is 24.4 Å². The van der Waals surface area contributed by atoms with Crippen LogP contribution in [0.1, 0.15) is 20.3 Å². The van der Waals surface area contributed by atoms with E-state index in [9.17, 15) is 4.79 Å². The van der Waals surface area contributed by atoms with Gasteiger partial charge in [0.05, 0.1) is 0 Å². The van der Waals surface area contributed by atoms with Gasteiger partial charge in [0.15, 0.2) is 0 Å². The second-order valence-corrected chi connectivity index (χ2v) is 2.80. The van der Waals surface area contributed by atoms with Crippen LogP contribution in [0.4, 0.5) is 0 Å². The normalized spacial score (nSPS) is 11.2. The topological polar surface area (TPSA) is 55.1 Å². The molecule has 0 aliphatic rings. The number of nitrogens with one attached hydrogen (secondary N) is 1. The van der Waals surface area contributed by atoms with Gasteiger partial charge in [0.2, 0.25) is 5.91 Å². The predicted molar refractivity (Wildman–Crippen MR) is 53.3 cm³/mol. The Labute approximate surface area is 79.8 Å². The summed E-state index contributed by atoms with van der Waals surface area (Å²) in [6, 6.07) is 0.139. The van der Waals surface area contributed by atoms with Crippen LogP contribution in [0.3, 0.4) is 0 Å². The Morgan fingerprint density at radius 3 is 2.50 bits per heavy atom. The smallest absolute Gasteiger partial charge is 0.246 e. The van der Waals surface area contributed by atoms with Gasteiger partial charge in [-0.1, -0.05) is 6.58 Å². The van der Waals surface area contributed by atoms with Gasteiger partial charge in [-0.05, 0) is 20.3 Å². The average molecular weight is 193 g/mol. The van der Waals surface area contributed by atoms with Crippen LogP contribution in [0.5, 0.6) is 0 Å². The Balaban J connectivity index is 0. The molecule has 12 heavy (non-hydrogen) atoms. The summed E-state index contributed by atoms with van der Waals surface area (Å²) in [6.45, 7) is 7.73. The minimum atomic E-state index is -0.0920. The maximum absolute atomic E-state index is 10.9. The van der Waals surface area contributed by atoms with E-state index in [0.29, 0.717) is 12.1 Å². The van der Waals surface area contributed by atoms with Crippen LogP contribution in [-0.4, -0.2) is 18.5 Å². The van der Waals surface area contributed by atoms with Crippen LogP contribution in [0, 0.1) is 0 Å². The van der Waals surface area contributed by atoms with Crippen molar-refractivity contribution in [1.29, 1.82) is 0 Å². The van der Waals surface area contributed by atoms with Gasteiger partial charge in [-0.2, -0.15) is 0 Å². The second-order valence-electron chi connectivity index (χ2n) is 2.80. The summed E-state index contributed by atoms with van der Waals surface area (Å²) < 4.78 is 0. The summed E-state index contributed by atoms with van der Waals surface area (Å²) in [5.41, 5.74) is 6.02. The highest BCUT2D eigenvalue weighted by molar-refractivity contribution is 5.91. The van der Waals surface area contributed by atoms with Gasteiger partial charge < -0.3 is 11.1 Å². The van der Waals surface area contributed by atoms with Gasteiger partial charge in [-0.25, -0.2) is 0 Å². The fourth-order valence-corrected chi connectivity index (χ4v) is 0.564. The lowest BCUT2D eigenvalue weighted by Gasteiger charge is -2.06. The number of hydrogen-bond donors (Lipinski definition) is 2. The van der Waals surface area contributed by atoms with Crippen LogP contribution < -0.4 is 11.1 Å². The van der Waals surface area contributed by atoms with Gasteiger partial charge in [0.1, 0.15) is 0 Å². The van der Waals surface area contributed by atoms with Gasteiger partial charge >= 0.3 is 0 Å². The zero-order chi connectivity index (χ0) is 8.85. The minimum absolute atomic E-state index is 0. The van der Waals surface area contributed by atoms with E-state index in [4.69, 9.17) is 5.73 Å². The van der Waals surface area contributed by atoms with Gasteiger partial charge in [0, 0.05) is 18.2 Å². The Kier molecular flexibility index (Phi) is 8.32. The van der Waals surface area contributed by atoms with E-state index in [2.05, 4.69) is 11.9 Å². The molecule has 0 radical (unpaired) electrons. The van der Waals surface area contributed by atoms with Crippen molar-refractivity contribution >= 4 is 18.3 Å². The summed E-state index contributed by atoms with van der Waals surface area (Å²) in [6.07, 6.45) is 0.805. The van der Waals surface area contributed by atoms with E-state index in [1.54, 1.807) is 6.92 Å². The highest BCUT2D eigenvalue weighted by Crippen LogP contribution is 1.87. The number of rotatable bonds is 4. The van der Waals surface area contributed by atoms with Crippen LogP contribution in [0.15, 0.2) is 12.2 Å². The molecule has 0 aromatic rings. The first-order chi connectivity index (χ1) is 5.04. The quantitative estimate of drug-likeness (QED) is 0.649. The predicted octanol–water partition coefficient (Wildman–Crippen LogP) is 0.838. The number of nitrogens with two attached hydrogens (primary N) is 1. The average Bonchev–Trinajstić information content (AvgIpc) is 1.86. The number of amides is 1. The van der Waals surface area contributed by atoms with Gasteiger partial charge in [0.25, 0.3) is 0 Å². The molecular weight excluding hydrogens is 176 g/mol. The van der Waals surface area contributed by atoms with Gasteiger partial charge in [-0.15, -0.1) is 12.4 Å². The molecule has 0 aliphatic heterocycles. The van der Waals surface area contributed by atoms with E-state index in [0.717, 1.165) is 6.42 Å². The lowest BCUT2D eigenvalue weighted by Crippen LogP contribution is -2.29. The standard InChI is InChI=1S/C8H16N2O.ClH/c1-6(2)8(11)10-5-4-7(3)9;/h7H,1,4-5,9H2,2-3H3,(H,10,11);1H. The molecule has 0 rings (SSSR count). The van der Waals surface area contributed by atoms with Crippen molar-refractivity contribution < 1.29 is 4.79 Å². The van der Waals surface area contributed by atoms with Crippen LogP contribution in [0.25, 0.3) is 0 Å².